The van der Waals surface area contributed by atoms with Crippen LogP contribution < -0.4 is 16.6 Å². The summed E-state index contributed by atoms with van der Waals surface area (Å²) < 4.78 is 2.09. The molecule has 0 bridgehead atoms. The smallest absolute Gasteiger partial charge is 0.330 e. The van der Waals surface area contributed by atoms with E-state index in [0.29, 0.717) is 0 Å². The van der Waals surface area contributed by atoms with E-state index < -0.39 is 17.2 Å². The number of aryl methyl sites for hydroxylation is 1. The van der Waals surface area contributed by atoms with Gasteiger partial charge in [0.15, 0.2) is 0 Å². The van der Waals surface area contributed by atoms with Crippen LogP contribution in [0.2, 0.25) is 0 Å². The Morgan fingerprint density at radius 2 is 2.11 bits per heavy atom. The van der Waals surface area contributed by atoms with Crippen molar-refractivity contribution in [2.24, 2.45) is 14.1 Å². The first-order valence-electron chi connectivity index (χ1n) is 5.31. The van der Waals surface area contributed by atoms with E-state index in [1.807, 2.05) is 0 Å². The maximum atomic E-state index is 11.7. The number of nitrogens with one attached hydrogen (secondary N) is 1. The molecule has 0 aliphatic rings. The summed E-state index contributed by atoms with van der Waals surface area (Å²) in [5.74, 6) is -0.514. The van der Waals surface area contributed by atoms with Crippen molar-refractivity contribution in [1.29, 1.82) is 0 Å². The van der Waals surface area contributed by atoms with Crippen LogP contribution in [0.5, 0.6) is 0 Å². The van der Waals surface area contributed by atoms with Gasteiger partial charge in [0.2, 0.25) is 0 Å². The minimum Gasteiger partial charge on any atom is -0.348 e. The Morgan fingerprint density at radius 3 is 2.72 bits per heavy atom. The van der Waals surface area contributed by atoms with Gasteiger partial charge >= 0.3 is 5.69 Å². The summed E-state index contributed by atoms with van der Waals surface area (Å²) in [6, 6.07) is 0. The molecule has 1 amide bonds. The molecule has 0 atom stereocenters. The first-order valence-corrected chi connectivity index (χ1v) is 5.31. The molecule has 0 saturated carbocycles. The van der Waals surface area contributed by atoms with E-state index >= 15 is 0 Å². The van der Waals surface area contributed by atoms with Crippen molar-refractivity contribution in [3.05, 3.63) is 57.4 Å². The number of amides is 1. The molecule has 1 aromatic heterocycles. The third-order valence-electron chi connectivity index (χ3n) is 2.34. The number of aromatic nitrogens is 2. The molecule has 6 nitrogen and oxygen atoms in total. The Kier molecular flexibility index (Phi) is 4.42. The maximum absolute atomic E-state index is 11.7. The van der Waals surface area contributed by atoms with Gasteiger partial charge in [0.05, 0.1) is 0 Å². The van der Waals surface area contributed by atoms with Crippen molar-refractivity contribution in [3.8, 4) is 0 Å². The fraction of sp³-hybridized carbons (Fsp3) is 0.250. The lowest BCUT2D eigenvalue weighted by molar-refractivity contribution is 0.0955. The molecule has 0 saturated heterocycles. The molecule has 0 aromatic carbocycles. The molecular weight excluding hydrogens is 234 g/mol. The number of nitrogens with zero attached hydrogens (tertiary/aromatic N) is 2. The van der Waals surface area contributed by atoms with E-state index in [1.54, 1.807) is 18.2 Å². The zero-order chi connectivity index (χ0) is 13.7. The topological polar surface area (TPSA) is 73.1 Å². The predicted octanol–water partition coefficient (Wildman–Crippen LogP) is -0.444. The summed E-state index contributed by atoms with van der Waals surface area (Å²) in [6.07, 6.45) is 6.19. The van der Waals surface area contributed by atoms with Gasteiger partial charge in [-0.15, -0.1) is 0 Å². The van der Waals surface area contributed by atoms with Gasteiger partial charge in [0.25, 0.3) is 11.5 Å². The summed E-state index contributed by atoms with van der Waals surface area (Å²) in [5.41, 5.74) is -1.14. The zero-order valence-electron chi connectivity index (χ0n) is 10.3. The summed E-state index contributed by atoms with van der Waals surface area (Å²) >= 11 is 0. The fourth-order valence-corrected chi connectivity index (χ4v) is 1.38. The van der Waals surface area contributed by atoms with Crippen molar-refractivity contribution in [2.75, 3.05) is 6.54 Å². The van der Waals surface area contributed by atoms with E-state index in [4.69, 9.17) is 0 Å². The standard InChI is InChI=1S/C12H15N3O3/c1-4-5-6-7-13-10(16)9-8-14(2)12(18)15(3)11(9)17/h4-6,8H,1,7H2,2-3H3,(H,13,16)/b6-5-. The summed E-state index contributed by atoms with van der Waals surface area (Å²) in [7, 11) is 2.81. The van der Waals surface area contributed by atoms with Crippen molar-refractivity contribution in [1.82, 2.24) is 14.5 Å². The van der Waals surface area contributed by atoms with Crippen LogP contribution in [0.1, 0.15) is 10.4 Å². The first-order chi connectivity index (χ1) is 8.49. The fourth-order valence-electron chi connectivity index (χ4n) is 1.38. The minimum atomic E-state index is -0.608. The van der Waals surface area contributed by atoms with Crippen LogP contribution in [-0.4, -0.2) is 21.6 Å². The van der Waals surface area contributed by atoms with Crippen LogP contribution in [0.15, 0.2) is 40.6 Å². The lowest BCUT2D eigenvalue weighted by Crippen LogP contribution is -2.41. The molecule has 96 valence electrons. The monoisotopic (exact) mass is 249 g/mol. The summed E-state index contributed by atoms with van der Waals surface area (Å²) in [5, 5.41) is 2.55. The number of hydrogen-bond donors (Lipinski definition) is 1. The van der Waals surface area contributed by atoms with Gasteiger partial charge in [-0.25, -0.2) is 4.79 Å². The highest BCUT2D eigenvalue weighted by Gasteiger charge is 2.13. The molecule has 0 unspecified atom stereocenters. The number of allylic oxidation sites excluding steroid dienone is 2. The molecule has 1 heterocycles. The molecule has 0 fully saturated rings. The van der Waals surface area contributed by atoms with Gasteiger partial charge in [-0.3, -0.25) is 14.2 Å². The van der Waals surface area contributed by atoms with Crippen molar-refractivity contribution >= 4 is 5.91 Å². The van der Waals surface area contributed by atoms with Crippen LogP contribution in [-0.2, 0) is 14.1 Å². The van der Waals surface area contributed by atoms with Gasteiger partial charge in [-0.05, 0) is 0 Å². The zero-order valence-corrected chi connectivity index (χ0v) is 10.3. The van der Waals surface area contributed by atoms with Crippen LogP contribution >= 0.6 is 0 Å². The highest BCUT2D eigenvalue weighted by molar-refractivity contribution is 5.93. The number of carbonyl (C=O) groups is 1. The summed E-state index contributed by atoms with van der Waals surface area (Å²) in [6.45, 7) is 3.78. The van der Waals surface area contributed by atoms with Crippen molar-refractivity contribution in [2.45, 2.75) is 0 Å². The third kappa shape index (κ3) is 2.85. The average Bonchev–Trinajstić information content (AvgIpc) is 2.36. The molecule has 1 aromatic rings. The van der Waals surface area contributed by atoms with Crippen LogP contribution in [0, 0.1) is 0 Å². The molecule has 18 heavy (non-hydrogen) atoms. The quantitative estimate of drug-likeness (QED) is 0.735. The predicted molar refractivity (Wildman–Crippen MR) is 68.6 cm³/mol. The Morgan fingerprint density at radius 1 is 1.44 bits per heavy atom. The normalized spacial score (nSPS) is 10.6. The second-order valence-electron chi connectivity index (χ2n) is 3.67. The van der Waals surface area contributed by atoms with Gasteiger partial charge in [-0.2, -0.15) is 0 Å². The van der Waals surface area contributed by atoms with E-state index in [0.717, 1.165) is 4.57 Å². The Hall–Kier alpha value is -2.37. The van der Waals surface area contributed by atoms with E-state index in [-0.39, 0.29) is 12.1 Å². The first kappa shape index (κ1) is 13.7. The molecule has 0 radical (unpaired) electrons. The molecule has 0 aliphatic carbocycles. The largest absolute Gasteiger partial charge is 0.348 e. The van der Waals surface area contributed by atoms with Gasteiger partial charge in [0.1, 0.15) is 5.56 Å². The Labute approximate surface area is 104 Å². The minimum absolute atomic E-state index is 0.0633. The van der Waals surface area contributed by atoms with Gasteiger partial charge in [0, 0.05) is 26.8 Å². The third-order valence-corrected chi connectivity index (χ3v) is 2.34. The highest BCUT2D eigenvalue weighted by Crippen LogP contribution is 1.88. The van der Waals surface area contributed by atoms with Gasteiger partial charge in [-0.1, -0.05) is 24.8 Å². The second-order valence-corrected chi connectivity index (χ2v) is 3.67. The molecule has 6 heteroatoms. The van der Waals surface area contributed by atoms with Crippen LogP contribution in [0.4, 0.5) is 0 Å². The SMILES string of the molecule is C=C/C=C\CNC(=O)c1cn(C)c(=O)n(C)c1=O. The summed E-state index contributed by atoms with van der Waals surface area (Å²) in [4.78, 5) is 34.9. The van der Waals surface area contributed by atoms with E-state index in [2.05, 4.69) is 11.9 Å². The van der Waals surface area contributed by atoms with Crippen LogP contribution in [0.3, 0.4) is 0 Å². The van der Waals surface area contributed by atoms with E-state index in [9.17, 15) is 14.4 Å². The molecule has 0 spiro atoms. The molecular formula is C12H15N3O3. The lowest BCUT2D eigenvalue weighted by Gasteiger charge is -2.06. The molecule has 1 N–H and O–H groups in total. The van der Waals surface area contributed by atoms with Crippen molar-refractivity contribution < 1.29 is 4.79 Å². The van der Waals surface area contributed by atoms with Crippen LogP contribution in [0.25, 0.3) is 0 Å². The lowest BCUT2D eigenvalue weighted by atomic mass is 10.3. The highest BCUT2D eigenvalue weighted by atomic mass is 16.2. The Bertz CT molecular complexity index is 608. The number of hydrogen-bond acceptors (Lipinski definition) is 3. The molecule has 0 aliphatic heterocycles. The average molecular weight is 249 g/mol. The Balaban J connectivity index is 3.00. The van der Waals surface area contributed by atoms with Crippen molar-refractivity contribution in [3.63, 3.8) is 0 Å². The number of rotatable bonds is 4. The second kappa shape index (κ2) is 5.81. The van der Waals surface area contributed by atoms with Gasteiger partial charge < -0.3 is 9.88 Å². The number of carbonyl (C=O) groups excluding carboxylic acids is 1. The maximum Gasteiger partial charge on any atom is 0.330 e. The molecule has 1 rings (SSSR count). The van der Waals surface area contributed by atoms with E-state index in [1.165, 1.54) is 24.9 Å².